The topological polar surface area (TPSA) is 82.4 Å². The normalized spacial score (nSPS) is 39.3. The van der Waals surface area contributed by atoms with Crippen LogP contribution in [0.3, 0.4) is 0 Å². The van der Waals surface area contributed by atoms with Gasteiger partial charge >= 0.3 is 0 Å². The second-order valence-electron chi connectivity index (χ2n) is 7.75. The van der Waals surface area contributed by atoms with Gasteiger partial charge in [0.05, 0.1) is 13.2 Å². The van der Waals surface area contributed by atoms with Crippen LogP contribution in [0, 0.1) is 5.92 Å². The maximum absolute atomic E-state index is 10.7. The number of phenols is 2. The Kier molecular flexibility index (Phi) is 2.74. The summed E-state index contributed by atoms with van der Waals surface area (Å²) in [5.41, 5.74) is 1.47. The van der Waals surface area contributed by atoms with Crippen molar-refractivity contribution in [1.82, 2.24) is 4.90 Å². The number of methoxy groups -OCH3 is 1. The standard InChI is InChI=1S/C18H23NO5/c1-19-6-5-18-9-3-4-11(20)17(18)24-15-12(18)8(7-10(9)19)13(21)14(22)16(15)23-2/h9-11,17,20-22H,3-7H2,1-2H3/t9-,10+,11-,17-,18-/m0/s1. The fraction of sp³-hybridized carbons (Fsp3) is 0.667. The molecule has 24 heavy (non-hydrogen) atoms. The average molecular weight is 333 g/mol. The molecule has 2 heterocycles. The summed E-state index contributed by atoms with van der Waals surface area (Å²) in [6.07, 6.45) is 2.42. The van der Waals surface area contributed by atoms with Crippen LogP contribution in [0.5, 0.6) is 23.0 Å². The van der Waals surface area contributed by atoms with Gasteiger partial charge in [0.1, 0.15) is 6.10 Å². The van der Waals surface area contributed by atoms with Crippen molar-refractivity contribution in [3.63, 3.8) is 0 Å². The molecule has 1 saturated carbocycles. The lowest BCUT2D eigenvalue weighted by molar-refractivity contribution is -0.0994. The number of ether oxygens (including phenoxy) is 2. The Morgan fingerprint density at radius 1 is 1.25 bits per heavy atom. The lowest BCUT2D eigenvalue weighted by Crippen LogP contribution is -2.66. The minimum atomic E-state index is -0.530. The Hall–Kier alpha value is -1.66. The summed E-state index contributed by atoms with van der Waals surface area (Å²) in [6.45, 7) is 0.941. The maximum atomic E-state index is 10.7. The molecule has 0 amide bonds. The van der Waals surface area contributed by atoms with Crippen molar-refractivity contribution in [2.75, 3.05) is 20.7 Å². The number of aliphatic hydroxyl groups is 1. The first kappa shape index (κ1) is 14.7. The summed E-state index contributed by atoms with van der Waals surface area (Å²) in [5.74, 6) is 0.773. The van der Waals surface area contributed by atoms with E-state index in [-0.39, 0.29) is 28.8 Å². The van der Waals surface area contributed by atoms with E-state index in [1.165, 1.54) is 7.11 Å². The first-order valence-corrected chi connectivity index (χ1v) is 8.71. The molecule has 2 bridgehead atoms. The number of benzene rings is 1. The zero-order chi connectivity index (χ0) is 16.8. The third kappa shape index (κ3) is 1.41. The van der Waals surface area contributed by atoms with Crippen LogP contribution in [0.4, 0.5) is 0 Å². The van der Waals surface area contributed by atoms with E-state index < -0.39 is 6.10 Å². The van der Waals surface area contributed by atoms with Gasteiger partial charge in [0.15, 0.2) is 11.5 Å². The summed E-state index contributed by atoms with van der Waals surface area (Å²) >= 11 is 0. The molecule has 0 radical (unpaired) electrons. The quantitative estimate of drug-likeness (QED) is 0.669. The van der Waals surface area contributed by atoms with E-state index in [1.54, 1.807) is 0 Å². The Bertz CT molecular complexity index is 735. The number of nitrogens with zero attached hydrogens (tertiary/aromatic N) is 1. The number of hydrogen-bond donors (Lipinski definition) is 3. The Balaban J connectivity index is 1.85. The van der Waals surface area contributed by atoms with Gasteiger partial charge in [0.25, 0.3) is 0 Å². The number of rotatable bonds is 1. The van der Waals surface area contributed by atoms with Crippen molar-refractivity contribution in [1.29, 1.82) is 0 Å². The van der Waals surface area contributed by atoms with Crippen molar-refractivity contribution in [2.24, 2.45) is 5.92 Å². The molecule has 5 atom stereocenters. The number of piperidine rings is 1. The van der Waals surface area contributed by atoms with E-state index in [9.17, 15) is 15.3 Å². The minimum Gasteiger partial charge on any atom is -0.504 e. The van der Waals surface area contributed by atoms with Crippen LogP contribution >= 0.6 is 0 Å². The lowest BCUT2D eigenvalue weighted by atomic mass is 9.51. The van der Waals surface area contributed by atoms with Gasteiger partial charge in [-0.2, -0.15) is 0 Å². The molecule has 5 rings (SSSR count). The molecule has 0 unspecified atom stereocenters. The van der Waals surface area contributed by atoms with Gasteiger partial charge in [-0.3, -0.25) is 0 Å². The SMILES string of the molecule is COc1c(O)c(O)c2c3c1O[C@H]1[C@@H](O)CC[C@H]4[C@@H](C2)N(C)CC[C@@]341. The van der Waals surface area contributed by atoms with Crippen LogP contribution in [0.1, 0.15) is 30.4 Å². The summed E-state index contributed by atoms with van der Waals surface area (Å²) in [6, 6.07) is 0.300. The molecular formula is C18H23NO5. The van der Waals surface area contributed by atoms with Crippen LogP contribution in [0.25, 0.3) is 0 Å². The van der Waals surface area contributed by atoms with Crippen molar-refractivity contribution in [2.45, 2.75) is 49.3 Å². The predicted molar refractivity (Wildman–Crippen MR) is 85.9 cm³/mol. The number of aromatic hydroxyl groups is 2. The van der Waals surface area contributed by atoms with Crippen LogP contribution in [-0.2, 0) is 11.8 Å². The number of hydrogen-bond acceptors (Lipinski definition) is 6. The summed E-state index contributed by atoms with van der Waals surface area (Å²) in [7, 11) is 3.59. The summed E-state index contributed by atoms with van der Waals surface area (Å²) < 4.78 is 11.6. The Morgan fingerprint density at radius 3 is 2.79 bits per heavy atom. The van der Waals surface area contributed by atoms with Crippen LogP contribution in [0.15, 0.2) is 0 Å². The highest BCUT2D eigenvalue weighted by Gasteiger charge is 2.66. The Morgan fingerprint density at radius 2 is 2.04 bits per heavy atom. The maximum Gasteiger partial charge on any atom is 0.207 e. The van der Waals surface area contributed by atoms with Crippen molar-refractivity contribution >= 4 is 0 Å². The van der Waals surface area contributed by atoms with E-state index in [1.807, 2.05) is 0 Å². The van der Waals surface area contributed by atoms with E-state index in [2.05, 4.69) is 11.9 Å². The van der Waals surface area contributed by atoms with Crippen LogP contribution < -0.4 is 9.47 Å². The molecule has 1 saturated heterocycles. The van der Waals surface area contributed by atoms with E-state index in [0.717, 1.165) is 36.9 Å². The highest BCUT2D eigenvalue weighted by molar-refractivity contribution is 5.71. The van der Waals surface area contributed by atoms with Crippen molar-refractivity contribution in [3.8, 4) is 23.0 Å². The third-order valence-electron chi connectivity index (χ3n) is 6.99. The van der Waals surface area contributed by atoms with E-state index >= 15 is 0 Å². The van der Waals surface area contributed by atoms with E-state index in [4.69, 9.17) is 9.47 Å². The van der Waals surface area contributed by atoms with Crippen molar-refractivity contribution in [3.05, 3.63) is 11.1 Å². The molecule has 1 aromatic carbocycles. The molecular weight excluding hydrogens is 310 g/mol. The van der Waals surface area contributed by atoms with E-state index in [0.29, 0.717) is 24.1 Å². The molecule has 1 aromatic rings. The molecule has 1 spiro atoms. The molecule has 6 nitrogen and oxygen atoms in total. The van der Waals surface area contributed by atoms with Gasteiger partial charge in [0, 0.05) is 22.6 Å². The van der Waals surface area contributed by atoms with Crippen LogP contribution in [0.2, 0.25) is 0 Å². The highest BCUT2D eigenvalue weighted by Crippen LogP contribution is 2.67. The summed E-state index contributed by atoms with van der Waals surface area (Å²) in [5, 5.41) is 31.7. The number of likely N-dealkylation sites (N-methyl/N-ethyl adjacent to an activating group) is 1. The second kappa shape index (κ2) is 4.49. The van der Waals surface area contributed by atoms with Gasteiger partial charge in [-0.15, -0.1) is 0 Å². The van der Waals surface area contributed by atoms with Crippen molar-refractivity contribution < 1.29 is 24.8 Å². The van der Waals surface area contributed by atoms with Crippen LogP contribution in [-0.4, -0.2) is 59.2 Å². The first-order valence-electron chi connectivity index (χ1n) is 8.71. The predicted octanol–water partition coefficient (Wildman–Crippen LogP) is 1.14. The van der Waals surface area contributed by atoms with Gasteiger partial charge in [-0.1, -0.05) is 0 Å². The zero-order valence-corrected chi connectivity index (χ0v) is 14.0. The number of likely N-dealkylation sites (tertiary alicyclic amines) is 1. The first-order chi connectivity index (χ1) is 11.5. The average Bonchev–Trinajstić information content (AvgIpc) is 2.91. The molecule has 2 aliphatic heterocycles. The van der Waals surface area contributed by atoms with Gasteiger partial charge in [-0.25, -0.2) is 0 Å². The monoisotopic (exact) mass is 333 g/mol. The fourth-order valence-corrected chi connectivity index (χ4v) is 6.00. The Labute approximate surface area is 140 Å². The molecule has 0 aromatic heterocycles. The van der Waals surface area contributed by atoms with Gasteiger partial charge < -0.3 is 29.7 Å². The molecule has 3 N–H and O–H groups in total. The third-order valence-corrected chi connectivity index (χ3v) is 6.99. The highest BCUT2D eigenvalue weighted by atomic mass is 16.5. The molecule has 6 heteroatoms. The molecule has 4 aliphatic rings. The molecule has 130 valence electrons. The fourth-order valence-electron chi connectivity index (χ4n) is 6.00. The molecule has 2 fully saturated rings. The number of aliphatic hydroxyl groups excluding tert-OH is 1. The second-order valence-corrected chi connectivity index (χ2v) is 7.75. The lowest BCUT2D eigenvalue weighted by Gasteiger charge is -2.58. The summed E-state index contributed by atoms with van der Waals surface area (Å²) in [4.78, 5) is 2.35. The number of phenolic OH excluding ortho intramolecular Hbond substituents is 2. The minimum absolute atomic E-state index is 0.0898. The largest absolute Gasteiger partial charge is 0.504 e. The molecule has 2 aliphatic carbocycles. The smallest absolute Gasteiger partial charge is 0.207 e. The van der Waals surface area contributed by atoms with Gasteiger partial charge in [-0.05, 0) is 45.2 Å². The van der Waals surface area contributed by atoms with Gasteiger partial charge in [0.2, 0.25) is 11.5 Å². The zero-order valence-electron chi connectivity index (χ0n) is 14.0.